The van der Waals surface area contributed by atoms with Crippen LogP contribution in [0.25, 0.3) is 0 Å². The highest BCUT2D eigenvalue weighted by Crippen LogP contribution is 2.27. The number of benzene rings is 1. The summed E-state index contributed by atoms with van der Waals surface area (Å²) in [5.41, 5.74) is 1.19. The lowest BCUT2D eigenvalue weighted by Gasteiger charge is -2.15. The molecule has 5 heteroatoms. The summed E-state index contributed by atoms with van der Waals surface area (Å²) < 4.78 is 10.2. The predicted molar refractivity (Wildman–Crippen MR) is 78.9 cm³/mol. The molecule has 1 aromatic heterocycles. The molecule has 1 aromatic carbocycles. The number of ether oxygens (including phenoxy) is 2. The van der Waals surface area contributed by atoms with E-state index in [0.29, 0.717) is 12.3 Å². The third-order valence-corrected chi connectivity index (χ3v) is 3.28. The molecule has 0 N–H and O–H groups in total. The lowest BCUT2D eigenvalue weighted by Crippen LogP contribution is -2.16. The van der Waals surface area contributed by atoms with Crippen molar-refractivity contribution in [3.63, 3.8) is 0 Å². The topological polar surface area (TPSA) is 61.3 Å². The van der Waals surface area contributed by atoms with E-state index in [1.54, 1.807) is 0 Å². The van der Waals surface area contributed by atoms with Crippen LogP contribution >= 0.6 is 0 Å². The van der Waals surface area contributed by atoms with Crippen LogP contribution in [-0.4, -0.2) is 30.0 Å². The smallest absolute Gasteiger partial charge is 0.246 e. The molecule has 1 atom stereocenters. The first-order chi connectivity index (χ1) is 10.2. The SMILES string of the molecule is CCC(C(=O)c1ncc(OC)nc1OC)c1ccccc1. The van der Waals surface area contributed by atoms with Crippen molar-refractivity contribution in [2.24, 2.45) is 0 Å². The number of nitrogens with zero attached hydrogens (tertiary/aromatic N) is 2. The normalized spacial score (nSPS) is 11.8. The van der Waals surface area contributed by atoms with Gasteiger partial charge in [0.15, 0.2) is 11.5 Å². The van der Waals surface area contributed by atoms with Crippen LogP contribution in [0.3, 0.4) is 0 Å². The van der Waals surface area contributed by atoms with Gasteiger partial charge in [-0.3, -0.25) is 4.79 Å². The largest absolute Gasteiger partial charge is 0.480 e. The van der Waals surface area contributed by atoms with Gasteiger partial charge in [-0.05, 0) is 12.0 Å². The Kier molecular flexibility index (Phi) is 4.87. The van der Waals surface area contributed by atoms with Gasteiger partial charge >= 0.3 is 0 Å². The van der Waals surface area contributed by atoms with Crippen molar-refractivity contribution >= 4 is 5.78 Å². The summed E-state index contributed by atoms with van der Waals surface area (Å²) in [4.78, 5) is 21.0. The third kappa shape index (κ3) is 3.18. The van der Waals surface area contributed by atoms with Gasteiger partial charge < -0.3 is 9.47 Å². The number of aromatic nitrogens is 2. The Hall–Kier alpha value is -2.43. The monoisotopic (exact) mass is 286 g/mol. The highest BCUT2D eigenvalue weighted by molar-refractivity contribution is 6.01. The Morgan fingerprint density at radius 2 is 1.90 bits per heavy atom. The van der Waals surface area contributed by atoms with Crippen LogP contribution in [0.4, 0.5) is 0 Å². The first kappa shape index (κ1) is 15.0. The maximum absolute atomic E-state index is 12.7. The van der Waals surface area contributed by atoms with Crippen molar-refractivity contribution < 1.29 is 14.3 Å². The Morgan fingerprint density at radius 1 is 1.19 bits per heavy atom. The molecule has 21 heavy (non-hydrogen) atoms. The number of hydrogen-bond donors (Lipinski definition) is 0. The second kappa shape index (κ2) is 6.83. The van der Waals surface area contributed by atoms with Gasteiger partial charge in [0.25, 0.3) is 0 Å². The van der Waals surface area contributed by atoms with Gasteiger partial charge in [0, 0.05) is 5.92 Å². The number of ketones is 1. The third-order valence-electron chi connectivity index (χ3n) is 3.28. The number of carbonyl (C=O) groups is 1. The summed E-state index contributed by atoms with van der Waals surface area (Å²) in [7, 11) is 2.95. The summed E-state index contributed by atoms with van der Waals surface area (Å²) in [6.45, 7) is 1.97. The van der Waals surface area contributed by atoms with E-state index in [1.165, 1.54) is 20.4 Å². The second-order valence-corrected chi connectivity index (χ2v) is 4.51. The van der Waals surface area contributed by atoms with Gasteiger partial charge in [-0.1, -0.05) is 37.3 Å². The summed E-state index contributed by atoms with van der Waals surface area (Å²) in [5, 5.41) is 0. The predicted octanol–water partition coefficient (Wildman–Crippen LogP) is 2.87. The van der Waals surface area contributed by atoms with Crippen LogP contribution in [0.1, 0.15) is 35.3 Å². The molecule has 1 unspecified atom stereocenters. The highest BCUT2D eigenvalue weighted by atomic mass is 16.5. The average Bonchev–Trinajstić information content (AvgIpc) is 2.55. The van der Waals surface area contributed by atoms with Gasteiger partial charge in [-0.25, -0.2) is 4.98 Å². The van der Waals surface area contributed by atoms with Crippen LogP contribution in [0.5, 0.6) is 11.8 Å². The van der Waals surface area contributed by atoms with Crippen LogP contribution in [0.2, 0.25) is 0 Å². The van der Waals surface area contributed by atoms with Crippen LogP contribution in [0.15, 0.2) is 36.5 Å². The molecule has 0 aliphatic carbocycles. The van der Waals surface area contributed by atoms with Crippen LogP contribution in [0, 0.1) is 0 Å². The van der Waals surface area contributed by atoms with Crippen LogP contribution in [-0.2, 0) is 0 Å². The average molecular weight is 286 g/mol. The second-order valence-electron chi connectivity index (χ2n) is 4.51. The molecule has 0 fully saturated rings. The zero-order valence-electron chi connectivity index (χ0n) is 12.4. The summed E-state index contributed by atoms with van der Waals surface area (Å²) in [6, 6.07) is 9.64. The first-order valence-corrected chi connectivity index (χ1v) is 6.75. The van der Waals surface area contributed by atoms with E-state index in [1.807, 2.05) is 37.3 Å². The summed E-state index contributed by atoms with van der Waals surface area (Å²) in [6.07, 6.45) is 2.10. The minimum absolute atomic E-state index is 0.101. The molecule has 1 heterocycles. The summed E-state index contributed by atoms with van der Waals surface area (Å²) >= 11 is 0. The van der Waals surface area contributed by atoms with Gasteiger partial charge in [-0.15, -0.1) is 0 Å². The number of rotatable bonds is 6. The number of carbonyl (C=O) groups excluding carboxylic acids is 1. The first-order valence-electron chi connectivity index (χ1n) is 6.75. The van der Waals surface area contributed by atoms with E-state index >= 15 is 0 Å². The molecule has 0 saturated heterocycles. The van der Waals surface area contributed by atoms with E-state index < -0.39 is 0 Å². The number of methoxy groups -OCH3 is 2. The van der Waals surface area contributed by atoms with Crippen LogP contribution < -0.4 is 9.47 Å². The Bertz CT molecular complexity index is 614. The minimum Gasteiger partial charge on any atom is -0.480 e. The Balaban J connectivity index is 2.38. The van der Waals surface area contributed by atoms with E-state index in [4.69, 9.17) is 9.47 Å². The van der Waals surface area contributed by atoms with Gasteiger partial charge in [0.05, 0.1) is 20.4 Å². The van der Waals surface area contributed by atoms with Gasteiger partial charge in [0.2, 0.25) is 11.8 Å². The maximum Gasteiger partial charge on any atom is 0.246 e. The molecule has 0 bridgehead atoms. The maximum atomic E-state index is 12.7. The fourth-order valence-electron chi connectivity index (χ4n) is 2.19. The van der Waals surface area contributed by atoms with Crippen molar-refractivity contribution in [1.29, 1.82) is 0 Å². The van der Waals surface area contributed by atoms with E-state index in [-0.39, 0.29) is 23.3 Å². The van der Waals surface area contributed by atoms with Gasteiger partial charge in [-0.2, -0.15) is 4.98 Å². The lowest BCUT2D eigenvalue weighted by molar-refractivity contribution is 0.0948. The molecule has 5 nitrogen and oxygen atoms in total. The zero-order valence-corrected chi connectivity index (χ0v) is 12.4. The van der Waals surface area contributed by atoms with E-state index in [9.17, 15) is 4.79 Å². The zero-order chi connectivity index (χ0) is 15.2. The number of Topliss-reactive ketones (excluding diaryl/α,β-unsaturated/α-hetero) is 1. The Morgan fingerprint density at radius 3 is 2.48 bits per heavy atom. The van der Waals surface area contributed by atoms with Crippen molar-refractivity contribution in [2.45, 2.75) is 19.3 Å². The molecule has 2 rings (SSSR count). The molecular weight excluding hydrogens is 268 g/mol. The fourth-order valence-corrected chi connectivity index (χ4v) is 2.19. The van der Waals surface area contributed by atoms with E-state index in [0.717, 1.165) is 5.56 Å². The number of hydrogen-bond acceptors (Lipinski definition) is 5. The van der Waals surface area contributed by atoms with Crippen molar-refractivity contribution in [3.05, 3.63) is 47.8 Å². The molecule has 110 valence electrons. The standard InChI is InChI=1S/C16H18N2O3/c1-4-12(11-8-6-5-7-9-11)15(19)14-16(21-3)18-13(20-2)10-17-14/h5-10,12H,4H2,1-3H3. The van der Waals surface area contributed by atoms with Crippen molar-refractivity contribution in [3.8, 4) is 11.8 Å². The van der Waals surface area contributed by atoms with Crippen molar-refractivity contribution in [2.75, 3.05) is 14.2 Å². The van der Waals surface area contributed by atoms with Gasteiger partial charge in [0.1, 0.15) is 0 Å². The lowest BCUT2D eigenvalue weighted by atomic mass is 9.90. The molecule has 2 aromatic rings. The molecule has 0 aliphatic heterocycles. The molecule has 0 saturated carbocycles. The highest BCUT2D eigenvalue weighted by Gasteiger charge is 2.25. The van der Waals surface area contributed by atoms with E-state index in [2.05, 4.69) is 9.97 Å². The summed E-state index contributed by atoms with van der Waals surface area (Å²) in [5.74, 6) is 0.142. The van der Waals surface area contributed by atoms with Crippen molar-refractivity contribution in [1.82, 2.24) is 9.97 Å². The molecule has 0 radical (unpaired) electrons. The molecular formula is C16H18N2O3. The Labute approximate surface area is 124 Å². The molecule has 0 aliphatic rings. The molecule has 0 amide bonds. The minimum atomic E-state index is -0.261. The fraction of sp³-hybridized carbons (Fsp3) is 0.312. The molecule has 0 spiro atoms. The quantitative estimate of drug-likeness (QED) is 0.764.